The van der Waals surface area contributed by atoms with E-state index in [2.05, 4.69) is 10.0 Å². The first kappa shape index (κ1) is 20.7. The van der Waals surface area contributed by atoms with Crippen LogP contribution in [0.15, 0.2) is 48.5 Å². The number of carbonyl (C=O) groups is 1. The van der Waals surface area contributed by atoms with E-state index >= 15 is 0 Å². The van der Waals surface area contributed by atoms with Crippen molar-refractivity contribution in [3.63, 3.8) is 0 Å². The van der Waals surface area contributed by atoms with E-state index in [0.717, 1.165) is 5.56 Å². The van der Waals surface area contributed by atoms with Crippen LogP contribution in [0.3, 0.4) is 0 Å². The molecule has 0 aliphatic carbocycles. The number of amides is 1. The van der Waals surface area contributed by atoms with E-state index in [9.17, 15) is 13.2 Å². The Bertz CT molecular complexity index is 831. The summed E-state index contributed by atoms with van der Waals surface area (Å²) in [5, 5.41) is 2.60. The van der Waals surface area contributed by atoms with Crippen molar-refractivity contribution < 1.29 is 22.7 Å². The second-order valence-electron chi connectivity index (χ2n) is 5.81. The average molecular weight is 392 g/mol. The van der Waals surface area contributed by atoms with E-state index in [1.807, 2.05) is 30.3 Å². The topological polar surface area (TPSA) is 93.7 Å². The SMILES string of the molecule is COc1cc(OC)cc(C(=O)NCCS(=O)(=O)NCCc2ccccc2)c1. The minimum Gasteiger partial charge on any atom is -0.497 e. The molecule has 2 aromatic rings. The first-order chi connectivity index (χ1) is 12.9. The van der Waals surface area contributed by atoms with Gasteiger partial charge in [-0.05, 0) is 24.1 Å². The molecule has 7 nitrogen and oxygen atoms in total. The van der Waals surface area contributed by atoms with Crippen molar-refractivity contribution in [3.8, 4) is 11.5 Å². The first-order valence-corrected chi connectivity index (χ1v) is 10.1. The summed E-state index contributed by atoms with van der Waals surface area (Å²) in [7, 11) is -0.489. The monoisotopic (exact) mass is 392 g/mol. The molecule has 0 unspecified atom stereocenters. The lowest BCUT2D eigenvalue weighted by Crippen LogP contribution is -2.35. The highest BCUT2D eigenvalue weighted by molar-refractivity contribution is 7.89. The van der Waals surface area contributed by atoms with Gasteiger partial charge >= 0.3 is 0 Å². The van der Waals surface area contributed by atoms with Gasteiger partial charge in [-0.2, -0.15) is 0 Å². The molecule has 0 saturated carbocycles. The molecule has 0 radical (unpaired) electrons. The van der Waals surface area contributed by atoms with Crippen LogP contribution in [0.1, 0.15) is 15.9 Å². The Morgan fingerprint density at radius 2 is 1.59 bits per heavy atom. The molecule has 0 aliphatic heterocycles. The van der Waals surface area contributed by atoms with Gasteiger partial charge in [-0.1, -0.05) is 30.3 Å². The van der Waals surface area contributed by atoms with E-state index < -0.39 is 15.9 Å². The molecule has 0 atom stereocenters. The fourth-order valence-electron chi connectivity index (χ4n) is 2.41. The molecule has 0 saturated heterocycles. The predicted molar refractivity (Wildman–Crippen MR) is 104 cm³/mol. The zero-order valence-corrected chi connectivity index (χ0v) is 16.2. The Morgan fingerprint density at radius 3 is 2.19 bits per heavy atom. The van der Waals surface area contributed by atoms with Crippen LogP contribution in [0.2, 0.25) is 0 Å². The maximum Gasteiger partial charge on any atom is 0.251 e. The van der Waals surface area contributed by atoms with Gasteiger partial charge in [0.05, 0.1) is 20.0 Å². The van der Waals surface area contributed by atoms with E-state index in [4.69, 9.17) is 9.47 Å². The van der Waals surface area contributed by atoms with Crippen LogP contribution >= 0.6 is 0 Å². The second kappa shape index (κ2) is 9.94. The third kappa shape index (κ3) is 6.92. The number of hydrogen-bond acceptors (Lipinski definition) is 5. The molecule has 27 heavy (non-hydrogen) atoms. The lowest BCUT2D eigenvalue weighted by atomic mass is 10.2. The van der Waals surface area contributed by atoms with Crippen LogP contribution < -0.4 is 19.5 Å². The Morgan fingerprint density at radius 1 is 0.963 bits per heavy atom. The van der Waals surface area contributed by atoms with Crippen molar-refractivity contribution in [1.82, 2.24) is 10.0 Å². The lowest BCUT2D eigenvalue weighted by molar-refractivity contribution is 0.0955. The molecule has 0 spiro atoms. The van der Waals surface area contributed by atoms with Crippen molar-refractivity contribution in [1.29, 1.82) is 0 Å². The molecule has 1 amide bonds. The van der Waals surface area contributed by atoms with Crippen LogP contribution in [0.4, 0.5) is 0 Å². The summed E-state index contributed by atoms with van der Waals surface area (Å²) in [5.74, 6) is 0.366. The third-order valence-corrected chi connectivity index (χ3v) is 5.23. The smallest absolute Gasteiger partial charge is 0.251 e. The fourth-order valence-corrected chi connectivity index (χ4v) is 3.34. The van der Waals surface area contributed by atoms with E-state index in [0.29, 0.717) is 30.0 Å². The fraction of sp³-hybridized carbons (Fsp3) is 0.316. The minimum atomic E-state index is -3.47. The summed E-state index contributed by atoms with van der Waals surface area (Å²) < 4.78 is 36.9. The first-order valence-electron chi connectivity index (χ1n) is 8.46. The number of rotatable bonds is 10. The van der Waals surface area contributed by atoms with Crippen LogP contribution in [-0.4, -0.2) is 47.4 Å². The number of ether oxygens (including phenoxy) is 2. The average Bonchev–Trinajstić information content (AvgIpc) is 2.68. The number of nitrogens with one attached hydrogen (secondary N) is 2. The number of benzene rings is 2. The predicted octanol–water partition coefficient (Wildman–Crippen LogP) is 1.60. The van der Waals surface area contributed by atoms with Gasteiger partial charge < -0.3 is 14.8 Å². The van der Waals surface area contributed by atoms with E-state index in [1.165, 1.54) is 14.2 Å². The molecule has 0 aliphatic rings. The molecular formula is C19H24N2O5S. The van der Waals surface area contributed by atoms with Gasteiger partial charge in [0.25, 0.3) is 5.91 Å². The minimum absolute atomic E-state index is 0.000963. The zero-order chi connectivity index (χ0) is 19.7. The normalized spacial score (nSPS) is 11.0. The van der Waals surface area contributed by atoms with Crippen molar-refractivity contribution >= 4 is 15.9 Å². The summed E-state index contributed by atoms with van der Waals surface area (Å²) in [4.78, 5) is 12.2. The Balaban J connectivity index is 1.81. The molecule has 0 heterocycles. The molecule has 8 heteroatoms. The van der Waals surface area contributed by atoms with Crippen LogP contribution in [0.25, 0.3) is 0 Å². The molecule has 2 N–H and O–H groups in total. The van der Waals surface area contributed by atoms with Gasteiger partial charge in [0, 0.05) is 24.7 Å². The maximum atomic E-state index is 12.2. The molecule has 146 valence electrons. The number of methoxy groups -OCH3 is 2. The van der Waals surface area contributed by atoms with Crippen molar-refractivity contribution in [3.05, 3.63) is 59.7 Å². The number of sulfonamides is 1. The Kier molecular flexibility index (Phi) is 7.63. The van der Waals surface area contributed by atoms with Gasteiger partial charge in [-0.3, -0.25) is 4.79 Å². The second-order valence-corrected chi connectivity index (χ2v) is 7.73. The van der Waals surface area contributed by atoms with E-state index in [-0.39, 0.29) is 12.3 Å². The van der Waals surface area contributed by atoms with Gasteiger partial charge in [-0.15, -0.1) is 0 Å². The molecular weight excluding hydrogens is 368 g/mol. The Hall–Kier alpha value is -2.58. The van der Waals surface area contributed by atoms with Crippen molar-refractivity contribution in [2.45, 2.75) is 6.42 Å². The van der Waals surface area contributed by atoms with Crippen LogP contribution in [0.5, 0.6) is 11.5 Å². The summed E-state index contributed by atoms with van der Waals surface area (Å²) in [6.45, 7) is 0.312. The highest BCUT2D eigenvalue weighted by Crippen LogP contribution is 2.22. The number of carbonyl (C=O) groups excluding carboxylic acids is 1. The lowest BCUT2D eigenvalue weighted by Gasteiger charge is -2.10. The Labute approximate surface area is 159 Å². The summed E-state index contributed by atoms with van der Waals surface area (Å²) in [6.07, 6.45) is 0.607. The van der Waals surface area contributed by atoms with Crippen LogP contribution in [-0.2, 0) is 16.4 Å². The molecule has 2 aromatic carbocycles. The highest BCUT2D eigenvalue weighted by atomic mass is 32.2. The quantitative estimate of drug-likeness (QED) is 0.641. The molecule has 0 bridgehead atoms. The third-order valence-electron chi connectivity index (χ3n) is 3.85. The van der Waals surface area contributed by atoms with Crippen LogP contribution in [0, 0.1) is 0 Å². The van der Waals surface area contributed by atoms with Gasteiger partial charge in [-0.25, -0.2) is 13.1 Å². The van der Waals surface area contributed by atoms with Crippen molar-refractivity contribution in [2.75, 3.05) is 33.1 Å². The highest BCUT2D eigenvalue weighted by Gasteiger charge is 2.13. The summed E-state index contributed by atoms with van der Waals surface area (Å²) in [6, 6.07) is 14.4. The van der Waals surface area contributed by atoms with Gasteiger partial charge in [0.1, 0.15) is 11.5 Å². The van der Waals surface area contributed by atoms with Gasteiger partial charge in [0.2, 0.25) is 10.0 Å². The molecule has 0 fully saturated rings. The standard InChI is InChI=1S/C19H24N2O5S/c1-25-17-12-16(13-18(14-17)26-2)19(22)20-10-11-27(23,24)21-9-8-15-6-4-3-5-7-15/h3-7,12-14,21H,8-11H2,1-2H3,(H,20,22). The van der Waals surface area contributed by atoms with Gasteiger partial charge in [0.15, 0.2) is 0 Å². The largest absolute Gasteiger partial charge is 0.497 e. The van der Waals surface area contributed by atoms with Crippen molar-refractivity contribution in [2.24, 2.45) is 0 Å². The maximum absolute atomic E-state index is 12.2. The summed E-state index contributed by atoms with van der Waals surface area (Å²) >= 11 is 0. The zero-order valence-electron chi connectivity index (χ0n) is 15.4. The number of hydrogen-bond donors (Lipinski definition) is 2. The van der Waals surface area contributed by atoms with E-state index in [1.54, 1.807) is 18.2 Å². The molecule has 2 rings (SSSR count). The summed E-state index contributed by atoms with van der Waals surface area (Å²) in [5.41, 5.74) is 1.39. The molecule has 0 aromatic heterocycles.